The molecule has 0 atom stereocenters. The van der Waals surface area contributed by atoms with Crippen molar-refractivity contribution in [3.8, 4) is 0 Å². The SMILES string of the molecule is CCC[N+](C)(CCC)C(C)C.F[B-](F)(F)F. The minimum absolute atomic E-state index is 0.773. The van der Waals surface area contributed by atoms with E-state index in [4.69, 9.17) is 0 Å². The molecule has 6 heteroatoms. The minimum Gasteiger partial charge on any atom is -0.418 e. The lowest BCUT2D eigenvalue weighted by molar-refractivity contribution is -0.929. The van der Waals surface area contributed by atoms with Crippen molar-refractivity contribution in [2.75, 3.05) is 20.1 Å². The number of nitrogens with zero attached hydrogens (tertiary/aromatic N) is 1. The van der Waals surface area contributed by atoms with Gasteiger partial charge >= 0.3 is 7.25 Å². The second-order valence-electron chi connectivity index (χ2n) is 4.52. The Bertz CT molecular complexity index is 159. The lowest BCUT2D eigenvalue weighted by atomic mass is 10.2. The Morgan fingerprint density at radius 3 is 1.31 bits per heavy atom. The van der Waals surface area contributed by atoms with Gasteiger partial charge in [-0.05, 0) is 26.7 Å². The first-order valence-corrected chi connectivity index (χ1v) is 5.78. The van der Waals surface area contributed by atoms with Gasteiger partial charge in [0, 0.05) is 0 Å². The van der Waals surface area contributed by atoms with Gasteiger partial charge in [-0.25, -0.2) is 0 Å². The molecule has 0 bridgehead atoms. The van der Waals surface area contributed by atoms with Gasteiger partial charge in [-0.2, -0.15) is 0 Å². The third kappa shape index (κ3) is 11.8. The molecule has 0 aromatic carbocycles. The Hall–Kier alpha value is -0.255. The average molecular weight is 245 g/mol. The first-order valence-electron chi connectivity index (χ1n) is 5.78. The average Bonchev–Trinajstić information content (AvgIpc) is 2.01. The van der Waals surface area contributed by atoms with Crippen molar-refractivity contribution in [1.82, 2.24) is 0 Å². The van der Waals surface area contributed by atoms with Crippen LogP contribution >= 0.6 is 0 Å². The summed E-state index contributed by atoms with van der Waals surface area (Å²) in [5.74, 6) is 0. The number of quaternary nitrogens is 1. The van der Waals surface area contributed by atoms with Crippen LogP contribution in [-0.4, -0.2) is 37.9 Å². The van der Waals surface area contributed by atoms with Crippen molar-refractivity contribution in [2.45, 2.75) is 46.6 Å². The Labute approximate surface area is 96.5 Å². The van der Waals surface area contributed by atoms with E-state index >= 15 is 0 Å². The lowest BCUT2D eigenvalue weighted by Crippen LogP contribution is -2.50. The zero-order chi connectivity index (χ0) is 13.4. The highest BCUT2D eigenvalue weighted by Gasteiger charge is 2.22. The molecular weight excluding hydrogens is 221 g/mol. The molecular formula is C10H24BF4N. The van der Waals surface area contributed by atoms with Gasteiger partial charge in [0.25, 0.3) is 0 Å². The van der Waals surface area contributed by atoms with Gasteiger partial charge in [0.15, 0.2) is 0 Å². The second-order valence-corrected chi connectivity index (χ2v) is 4.52. The Morgan fingerprint density at radius 2 is 1.19 bits per heavy atom. The Kier molecular flexibility index (Phi) is 8.98. The monoisotopic (exact) mass is 245 g/mol. The van der Waals surface area contributed by atoms with E-state index in [0.717, 1.165) is 6.04 Å². The first kappa shape index (κ1) is 18.1. The third-order valence-electron chi connectivity index (χ3n) is 2.72. The van der Waals surface area contributed by atoms with E-state index in [-0.39, 0.29) is 0 Å². The predicted molar refractivity (Wildman–Crippen MR) is 61.8 cm³/mol. The molecule has 0 N–H and O–H groups in total. The van der Waals surface area contributed by atoms with Crippen molar-refractivity contribution in [3.05, 3.63) is 0 Å². The van der Waals surface area contributed by atoms with E-state index in [9.17, 15) is 17.3 Å². The summed E-state index contributed by atoms with van der Waals surface area (Å²) < 4.78 is 40.2. The smallest absolute Gasteiger partial charge is 0.418 e. The molecule has 0 aliphatic carbocycles. The summed E-state index contributed by atoms with van der Waals surface area (Å²) in [5, 5.41) is 0. The first-order chi connectivity index (χ1) is 7.06. The molecule has 0 aliphatic rings. The van der Waals surface area contributed by atoms with Gasteiger partial charge < -0.3 is 21.7 Å². The van der Waals surface area contributed by atoms with Gasteiger partial charge in [-0.15, -0.1) is 0 Å². The Balaban J connectivity index is 0. The summed E-state index contributed by atoms with van der Waals surface area (Å²) in [7, 11) is -3.63. The van der Waals surface area contributed by atoms with Crippen molar-refractivity contribution >= 4 is 7.25 Å². The maximum Gasteiger partial charge on any atom is 0.673 e. The van der Waals surface area contributed by atoms with Crippen LogP contribution in [0.1, 0.15) is 40.5 Å². The fourth-order valence-electron chi connectivity index (χ4n) is 1.65. The molecule has 100 valence electrons. The van der Waals surface area contributed by atoms with Crippen molar-refractivity contribution in [2.24, 2.45) is 0 Å². The number of hydrogen-bond acceptors (Lipinski definition) is 0. The Morgan fingerprint density at radius 1 is 0.938 bits per heavy atom. The standard InChI is InChI=1S/C10H24N.BF4/c1-6-8-11(5,9-7-2)10(3)4;2-1(3,4)5/h10H,6-9H2,1-5H3;/q+1;-1. The summed E-state index contributed by atoms with van der Waals surface area (Å²) in [5.41, 5.74) is 0. The van der Waals surface area contributed by atoms with Crippen molar-refractivity contribution in [3.63, 3.8) is 0 Å². The van der Waals surface area contributed by atoms with E-state index in [2.05, 4.69) is 34.7 Å². The van der Waals surface area contributed by atoms with E-state index in [0.29, 0.717) is 0 Å². The minimum atomic E-state index is -6.00. The van der Waals surface area contributed by atoms with Crippen molar-refractivity contribution in [1.29, 1.82) is 0 Å². The maximum absolute atomic E-state index is 9.75. The molecule has 0 fully saturated rings. The van der Waals surface area contributed by atoms with Gasteiger partial charge in [0.2, 0.25) is 0 Å². The number of hydrogen-bond donors (Lipinski definition) is 0. The molecule has 1 nitrogen and oxygen atoms in total. The normalized spacial score (nSPS) is 12.4. The summed E-state index contributed by atoms with van der Waals surface area (Å²) >= 11 is 0. The zero-order valence-electron chi connectivity index (χ0n) is 10.9. The van der Waals surface area contributed by atoms with Gasteiger partial charge in [-0.1, -0.05) is 13.8 Å². The molecule has 16 heavy (non-hydrogen) atoms. The fourth-order valence-corrected chi connectivity index (χ4v) is 1.65. The topological polar surface area (TPSA) is 0 Å². The molecule has 0 saturated carbocycles. The van der Waals surface area contributed by atoms with Crippen molar-refractivity contribution < 1.29 is 21.7 Å². The highest BCUT2D eigenvalue weighted by atomic mass is 19.5. The summed E-state index contributed by atoms with van der Waals surface area (Å²) in [6, 6.07) is 0.773. The van der Waals surface area contributed by atoms with E-state index in [1.54, 1.807) is 0 Å². The highest BCUT2D eigenvalue weighted by molar-refractivity contribution is 6.50. The molecule has 0 radical (unpaired) electrons. The van der Waals surface area contributed by atoms with Gasteiger partial charge in [-0.3, -0.25) is 0 Å². The highest BCUT2D eigenvalue weighted by Crippen LogP contribution is 2.11. The molecule has 0 amide bonds. The van der Waals surface area contributed by atoms with Gasteiger partial charge in [0.05, 0.1) is 26.2 Å². The van der Waals surface area contributed by atoms with Crippen LogP contribution in [-0.2, 0) is 0 Å². The zero-order valence-corrected chi connectivity index (χ0v) is 10.9. The van der Waals surface area contributed by atoms with Crippen LogP contribution in [0.25, 0.3) is 0 Å². The van der Waals surface area contributed by atoms with Crippen LogP contribution in [0.3, 0.4) is 0 Å². The molecule has 0 rings (SSSR count). The quantitative estimate of drug-likeness (QED) is 0.390. The molecule has 0 aromatic rings. The number of rotatable bonds is 5. The predicted octanol–water partition coefficient (Wildman–Crippen LogP) is 3.96. The maximum atomic E-state index is 9.75. The van der Waals surface area contributed by atoms with E-state index in [1.807, 2.05) is 0 Å². The fraction of sp³-hybridized carbons (Fsp3) is 1.00. The third-order valence-corrected chi connectivity index (χ3v) is 2.72. The van der Waals surface area contributed by atoms with Crippen LogP contribution < -0.4 is 0 Å². The molecule has 0 heterocycles. The van der Waals surface area contributed by atoms with E-state index < -0.39 is 7.25 Å². The molecule has 0 unspecified atom stereocenters. The molecule has 0 aliphatic heterocycles. The summed E-state index contributed by atoms with van der Waals surface area (Å²) in [6.45, 7) is 11.8. The lowest BCUT2D eigenvalue weighted by Gasteiger charge is -2.38. The second kappa shape index (κ2) is 7.93. The van der Waals surface area contributed by atoms with Crippen LogP contribution in [0, 0.1) is 0 Å². The van der Waals surface area contributed by atoms with Crippen LogP contribution in [0.2, 0.25) is 0 Å². The number of halogens is 4. The summed E-state index contributed by atoms with van der Waals surface area (Å²) in [6.07, 6.45) is 2.60. The molecule has 0 aromatic heterocycles. The van der Waals surface area contributed by atoms with Crippen LogP contribution in [0.5, 0.6) is 0 Å². The molecule has 0 spiro atoms. The van der Waals surface area contributed by atoms with E-state index in [1.165, 1.54) is 30.4 Å². The summed E-state index contributed by atoms with van der Waals surface area (Å²) in [4.78, 5) is 0. The van der Waals surface area contributed by atoms with Crippen LogP contribution in [0.4, 0.5) is 17.3 Å². The van der Waals surface area contributed by atoms with Gasteiger partial charge in [0.1, 0.15) is 0 Å². The largest absolute Gasteiger partial charge is 0.673 e. The molecule has 0 saturated heterocycles. The van der Waals surface area contributed by atoms with Crippen LogP contribution in [0.15, 0.2) is 0 Å².